The first-order chi connectivity index (χ1) is 7.63. The summed E-state index contributed by atoms with van der Waals surface area (Å²) >= 11 is 0. The molecule has 0 aromatic heterocycles. The van der Waals surface area contributed by atoms with Crippen molar-refractivity contribution in [2.45, 2.75) is 13.3 Å². The van der Waals surface area contributed by atoms with E-state index in [1.807, 2.05) is 6.92 Å². The normalized spacial score (nSPS) is 10.1. The van der Waals surface area contributed by atoms with Crippen LogP contribution in [0.3, 0.4) is 0 Å². The van der Waals surface area contributed by atoms with Gasteiger partial charge in [-0.25, -0.2) is 4.39 Å². The molecule has 0 fully saturated rings. The first kappa shape index (κ1) is 12.4. The highest BCUT2D eigenvalue weighted by molar-refractivity contribution is 5.91. The molecule has 0 bridgehead atoms. The van der Waals surface area contributed by atoms with Gasteiger partial charge >= 0.3 is 0 Å². The molecular weight excluding hydrogens is 213 g/mol. The van der Waals surface area contributed by atoms with Crippen molar-refractivity contribution in [3.8, 4) is 5.75 Å². The van der Waals surface area contributed by atoms with Crippen molar-refractivity contribution < 1.29 is 19.0 Å². The maximum atomic E-state index is 12.9. The van der Waals surface area contributed by atoms with E-state index in [0.29, 0.717) is 12.3 Å². The Morgan fingerprint density at radius 3 is 2.94 bits per heavy atom. The van der Waals surface area contributed by atoms with Gasteiger partial charge in [-0.3, -0.25) is 4.79 Å². The molecule has 1 amide bonds. The Morgan fingerprint density at radius 1 is 1.56 bits per heavy atom. The van der Waals surface area contributed by atoms with Crippen molar-refractivity contribution >= 4 is 11.6 Å². The Bertz CT molecular complexity index is 368. The second-order valence-corrected chi connectivity index (χ2v) is 3.27. The molecular formula is C11H14FNO3. The molecule has 0 aliphatic carbocycles. The summed E-state index contributed by atoms with van der Waals surface area (Å²) < 4.78 is 17.9. The number of nitrogens with one attached hydrogen (secondary N) is 1. The van der Waals surface area contributed by atoms with Crippen molar-refractivity contribution in [2.75, 3.05) is 18.5 Å². The molecule has 88 valence electrons. The van der Waals surface area contributed by atoms with Gasteiger partial charge < -0.3 is 15.2 Å². The number of halogens is 1. The van der Waals surface area contributed by atoms with Crippen molar-refractivity contribution in [1.82, 2.24) is 0 Å². The fourth-order valence-electron chi connectivity index (χ4n) is 1.09. The van der Waals surface area contributed by atoms with E-state index in [1.54, 1.807) is 0 Å². The number of amides is 1. The molecule has 0 saturated heterocycles. The zero-order chi connectivity index (χ0) is 12.0. The molecule has 0 atom stereocenters. The second kappa shape index (κ2) is 6.07. The number of ether oxygens (including phenoxy) is 1. The smallest absolute Gasteiger partial charge is 0.250 e. The van der Waals surface area contributed by atoms with Crippen molar-refractivity contribution in [3.63, 3.8) is 0 Å². The number of carbonyl (C=O) groups excluding carboxylic acids is 1. The average Bonchev–Trinajstić information content (AvgIpc) is 2.24. The molecule has 5 heteroatoms. The van der Waals surface area contributed by atoms with E-state index in [2.05, 4.69) is 5.32 Å². The SMILES string of the molecule is CCCOCC(=O)Nc1ccc(O)c(F)c1. The number of aromatic hydroxyl groups is 1. The lowest BCUT2D eigenvalue weighted by molar-refractivity contribution is -0.120. The maximum Gasteiger partial charge on any atom is 0.250 e. The third-order valence-electron chi connectivity index (χ3n) is 1.81. The minimum absolute atomic E-state index is 0.0592. The Labute approximate surface area is 93.0 Å². The summed E-state index contributed by atoms with van der Waals surface area (Å²) in [5, 5.41) is 11.4. The first-order valence-electron chi connectivity index (χ1n) is 4.99. The van der Waals surface area contributed by atoms with Gasteiger partial charge in [0.1, 0.15) is 6.61 Å². The molecule has 1 aromatic carbocycles. The Kier molecular flexibility index (Phi) is 4.72. The lowest BCUT2D eigenvalue weighted by Gasteiger charge is -2.06. The first-order valence-corrected chi connectivity index (χ1v) is 4.99. The molecule has 0 aliphatic rings. The number of phenols is 1. The highest BCUT2D eigenvalue weighted by Crippen LogP contribution is 2.19. The number of carbonyl (C=O) groups is 1. The quantitative estimate of drug-likeness (QED) is 0.596. The number of hydrogen-bond donors (Lipinski definition) is 2. The minimum atomic E-state index is -0.771. The van der Waals surface area contributed by atoms with Crippen LogP contribution >= 0.6 is 0 Å². The van der Waals surface area contributed by atoms with Crippen LogP contribution < -0.4 is 5.32 Å². The van der Waals surface area contributed by atoms with Crippen molar-refractivity contribution in [3.05, 3.63) is 24.0 Å². The molecule has 16 heavy (non-hydrogen) atoms. The number of anilines is 1. The summed E-state index contributed by atoms with van der Waals surface area (Å²) in [6.45, 7) is 2.39. The monoisotopic (exact) mass is 227 g/mol. The molecule has 0 aliphatic heterocycles. The topological polar surface area (TPSA) is 58.6 Å². The zero-order valence-corrected chi connectivity index (χ0v) is 9.00. The van der Waals surface area contributed by atoms with Gasteiger partial charge in [-0.2, -0.15) is 0 Å². The van der Waals surface area contributed by atoms with Crippen molar-refractivity contribution in [2.24, 2.45) is 0 Å². The van der Waals surface area contributed by atoms with Gasteiger partial charge in [-0.1, -0.05) is 6.92 Å². The van der Waals surface area contributed by atoms with Crippen molar-refractivity contribution in [1.29, 1.82) is 0 Å². The zero-order valence-electron chi connectivity index (χ0n) is 9.00. The summed E-state index contributed by atoms with van der Waals surface area (Å²) in [6, 6.07) is 3.64. The van der Waals surface area contributed by atoms with Crippen LogP contribution in [-0.4, -0.2) is 24.2 Å². The predicted molar refractivity (Wildman–Crippen MR) is 57.8 cm³/mol. The largest absolute Gasteiger partial charge is 0.505 e. The molecule has 0 heterocycles. The molecule has 0 saturated carbocycles. The van der Waals surface area contributed by atoms with E-state index < -0.39 is 11.6 Å². The van der Waals surface area contributed by atoms with E-state index in [1.165, 1.54) is 12.1 Å². The van der Waals surface area contributed by atoms with Gasteiger partial charge in [0, 0.05) is 18.4 Å². The van der Waals surface area contributed by atoms with Gasteiger partial charge in [0.05, 0.1) is 0 Å². The fourth-order valence-corrected chi connectivity index (χ4v) is 1.09. The van der Waals surface area contributed by atoms with Crippen LogP contribution in [0.25, 0.3) is 0 Å². The Balaban J connectivity index is 2.46. The lowest BCUT2D eigenvalue weighted by Crippen LogP contribution is -2.18. The Hall–Kier alpha value is -1.62. The van der Waals surface area contributed by atoms with Gasteiger partial charge in [0.25, 0.3) is 0 Å². The number of rotatable bonds is 5. The van der Waals surface area contributed by atoms with Crippen LogP contribution in [-0.2, 0) is 9.53 Å². The highest BCUT2D eigenvalue weighted by Gasteiger charge is 2.05. The standard InChI is InChI=1S/C11H14FNO3/c1-2-5-16-7-11(15)13-8-3-4-10(14)9(12)6-8/h3-4,6,14H,2,5,7H2,1H3,(H,13,15). The van der Waals surface area contributed by atoms with Crippen LogP contribution in [0.5, 0.6) is 5.75 Å². The van der Waals surface area contributed by atoms with E-state index in [0.717, 1.165) is 12.5 Å². The van der Waals surface area contributed by atoms with E-state index in [9.17, 15) is 9.18 Å². The van der Waals surface area contributed by atoms with Crippen LogP contribution in [0.2, 0.25) is 0 Å². The van der Waals surface area contributed by atoms with E-state index in [-0.39, 0.29) is 12.5 Å². The van der Waals surface area contributed by atoms with Crippen LogP contribution in [0.1, 0.15) is 13.3 Å². The lowest BCUT2D eigenvalue weighted by atomic mass is 10.3. The molecule has 1 aromatic rings. The summed E-state index contributed by atoms with van der Waals surface area (Å²) in [5.41, 5.74) is 0.292. The Morgan fingerprint density at radius 2 is 2.31 bits per heavy atom. The van der Waals surface area contributed by atoms with E-state index in [4.69, 9.17) is 9.84 Å². The number of benzene rings is 1. The molecule has 0 spiro atoms. The third-order valence-corrected chi connectivity index (χ3v) is 1.81. The number of hydrogen-bond acceptors (Lipinski definition) is 3. The van der Waals surface area contributed by atoms with Gasteiger partial charge in [-0.05, 0) is 18.6 Å². The molecule has 0 unspecified atom stereocenters. The summed E-state index contributed by atoms with van der Waals surface area (Å²) in [6.07, 6.45) is 0.834. The van der Waals surface area contributed by atoms with E-state index >= 15 is 0 Å². The molecule has 2 N–H and O–H groups in total. The van der Waals surface area contributed by atoms with Crippen LogP contribution in [0.4, 0.5) is 10.1 Å². The summed E-state index contributed by atoms with van der Waals surface area (Å²) in [5.74, 6) is -1.56. The number of phenolic OH excluding ortho intramolecular Hbond substituents is 1. The summed E-state index contributed by atoms with van der Waals surface area (Å²) in [4.78, 5) is 11.3. The molecule has 4 nitrogen and oxygen atoms in total. The minimum Gasteiger partial charge on any atom is -0.505 e. The fraction of sp³-hybridized carbons (Fsp3) is 0.364. The average molecular weight is 227 g/mol. The van der Waals surface area contributed by atoms with Gasteiger partial charge in [-0.15, -0.1) is 0 Å². The maximum absolute atomic E-state index is 12.9. The van der Waals surface area contributed by atoms with Gasteiger partial charge in [0.2, 0.25) is 5.91 Å². The molecule has 0 radical (unpaired) electrons. The summed E-state index contributed by atoms with van der Waals surface area (Å²) in [7, 11) is 0. The van der Waals surface area contributed by atoms with Gasteiger partial charge in [0.15, 0.2) is 11.6 Å². The predicted octanol–water partition coefficient (Wildman–Crippen LogP) is 1.90. The van der Waals surface area contributed by atoms with Crippen LogP contribution in [0.15, 0.2) is 18.2 Å². The second-order valence-electron chi connectivity index (χ2n) is 3.27. The molecule has 1 rings (SSSR count). The highest BCUT2D eigenvalue weighted by atomic mass is 19.1. The third kappa shape index (κ3) is 3.86. The van der Waals surface area contributed by atoms with Crippen LogP contribution in [0, 0.1) is 5.82 Å².